The van der Waals surface area contributed by atoms with Crippen LogP contribution in [0.4, 0.5) is 0 Å². The number of nitrogens with two attached hydrogens (primary N) is 1. The predicted molar refractivity (Wildman–Crippen MR) is 77.1 cm³/mol. The summed E-state index contributed by atoms with van der Waals surface area (Å²) in [5, 5.41) is 8.86. The summed E-state index contributed by atoms with van der Waals surface area (Å²) < 4.78 is 5.64. The minimum absolute atomic E-state index is 0.0865. The quantitative estimate of drug-likeness (QED) is 0.849. The van der Waals surface area contributed by atoms with E-state index < -0.39 is 11.9 Å². The summed E-state index contributed by atoms with van der Waals surface area (Å²) in [5.74, 6) is -0.843. The van der Waals surface area contributed by atoms with Crippen molar-refractivity contribution in [3.05, 3.63) is 65.2 Å². The van der Waals surface area contributed by atoms with Gasteiger partial charge in [-0.1, -0.05) is 30.3 Å². The average Bonchev–Trinajstić information content (AvgIpc) is 2.46. The van der Waals surface area contributed by atoms with Crippen molar-refractivity contribution in [1.29, 1.82) is 0 Å². The first kappa shape index (κ1) is 14.6. The van der Waals surface area contributed by atoms with E-state index in [9.17, 15) is 9.59 Å². The van der Waals surface area contributed by atoms with E-state index in [4.69, 9.17) is 15.6 Å². The van der Waals surface area contributed by atoms with E-state index in [0.29, 0.717) is 16.9 Å². The molecule has 0 fully saturated rings. The van der Waals surface area contributed by atoms with Crippen LogP contribution in [0, 0.1) is 0 Å². The summed E-state index contributed by atoms with van der Waals surface area (Å²) in [7, 11) is 0. The Balaban J connectivity index is 2.06. The summed E-state index contributed by atoms with van der Waals surface area (Å²) in [4.78, 5) is 21.8. The van der Waals surface area contributed by atoms with Crippen LogP contribution in [0.2, 0.25) is 0 Å². The van der Waals surface area contributed by atoms with Crippen LogP contribution in [0.1, 0.15) is 21.5 Å². The average molecular weight is 285 g/mol. The van der Waals surface area contributed by atoms with Crippen molar-refractivity contribution < 1.29 is 19.4 Å². The SMILES string of the molecule is NC(=O)c1ccc(COc2ccccc2CC(=O)O)cc1. The second-order valence-corrected chi connectivity index (χ2v) is 4.53. The first-order chi connectivity index (χ1) is 10.1. The maximum atomic E-state index is 11.0. The molecule has 5 nitrogen and oxygen atoms in total. The van der Waals surface area contributed by atoms with Crippen molar-refractivity contribution in [1.82, 2.24) is 0 Å². The van der Waals surface area contributed by atoms with Gasteiger partial charge < -0.3 is 15.6 Å². The lowest BCUT2D eigenvalue weighted by atomic mass is 10.1. The zero-order chi connectivity index (χ0) is 15.2. The molecule has 0 bridgehead atoms. The Labute approximate surface area is 122 Å². The lowest BCUT2D eigenvalue weighted by molar-refractivity contribution is -0.136. The number of aliphatic carboxylic acids is 1. The smallest absolute Gasteiger partial charge is 0.307 e. The van der Waals surface area contributed by atoms with Gasteiger partial charge in [0, 0.05) is 11.1 Å². The summed E-state index contributed by atoms with van der Waals surface area (Å²) in [6, 6.07) is 13.8. The highest BCUT2D eigenvalue weighted by molar-refractivity contribution is 5.92. The van der Waals surface area contributed by atoms with Crippen LogP contribution >= 0.6 is 0 Å². The number of para-hydroxylation sites is 1. The van der Waals surface area contributed by atoms with Crippen LogP contribution in [0.3, 0.4) is 0 Å². The van der Waals surface area contributed by atoms with Gasteiger partial charge in [-0.2, -0.15) is 0 Å². The molecular weight excluding hydrogens is 270 g/mol. The molecule has 0 aliphatic heterocycles. The molecule has 0 aliphatic rings. The summed E-state index contributed by atoms with van der Waals surface area (Å²) in [6.07, 6.45) is -0.0865. The maximum absolute atomic E-state index is 11.0. The number of benzene rings is 2. The maximum Gasteiger partial charge on any atom is 0.307 e. The van der Waals surface area contributed by atoms with Crippen molar-refractivity contribution in [2.24, 2.45) is 5.73 Å². The van der Waals surface area contributed by atoms with Gasteiger partial charge in [-0.3, -0.25) is 9.59 Å². The van der Waals surface area contributed by atoms with E-state index >= 15 is 0 Å². The second kappa shape index (κ2) is 6.56. The van der Waals surface area contributed by atoms with E-state index in [0.717, 1.165) is 5.56 Å². The molecule has 3 N–H and O–H groups in total. The van der Waals surface area contributed by atoms with E-state index in [1.54, 1.807) is 48.5 Å². The number of hydrogen-bond donors (Lipinski definition) is 2. The van der Waals surface area contributed by atoms with Crippen LogP contribution < -0.4 is 10.5 Å². The van der Waals surface area contributed by atoms with Crippen molar-refractivity contribution in [3.8, 4) is 5.75 Å². The van der Waals surface area contributed by atoms with E-state index in [1.807, 2.05) is 0 Å². The zero-order valence-electron chi connectivity index (χ0n) is 11.3. The standard InChI is InChI=1S/C16H15NO4/c17-16(20)12-7-5-11(6-8-12)10-21-14-4-2-1-3-13(14)9-15(18)19/h1-8H,9-10H2,(H2,17,20)(H,18,19). The molecule has 0 unspecified atom stereocenters. The first-order valence-corrected chi connectivity index (χ1v) is 6.37. The molecule has 2 rings (SSSR count). The van der Waals surface area contributed by atoms with Crippen LogP contribution in [-0.2, 0) is 17.8 Å². The molecule has 0 atom stereocenters. The Bertz CT molecular complexity index is 650. The Morgan fingerprint density at radius 3 is 2.33 bits per heavy atom. The highest BCUT2D eigenvalue weighted by Crippen LogP contribution is 2.20. The molecular formula is C16H15NO4. The summed E-state index contributed by atoms with van der Waals surface area (Å²) in [6.45, 7) is 0.287. The normalized spacial score (nSPS) is 10.1. The molecule has 21 heavy (non-hydrogen) atoms. The van der Waals surface area contributed by atoms with Crippen molar-refractivity contribution in [2.75, 3.05) is 0 Å². The van der Waals surface area contributed by atoms with E-state index in [2.05, 4.69) is 0 Å². The molecule has 0 radical (unpaired) electrons. The number of rotatable bonds is 6. The molecule has 108 valence electrons. The van der Waals surface area contributed by atoms with Crippen LogP contribution in [0.25, 0.3) is 0 Å². The Morgan fingerprint density at radius 1 is 1.05 bits per heavy atom. The number of ether oxygens (including phenoxy) is 1. The topological polar surface area (TPSA) is 89.6 Å². The fraction of sp³-hybridized carbons (Fsp3) is 0.125. The highest BCUT2D eigenvalue weighted by Gasteiger charge is 2.07. The number of carbonyl (C=O) groups excluding carboxylic acids is 1. The van der Waals surface area contributed by atoms with Gasteiger partial charge in [0.15, 0.2) is 0 Å². The van der Waals surface area contributed by atoms with Crippen LogP contribution in [-0.4, -0.2) is 17.0 Å². The highest BCUT2D eigenvalue weighted by atomic mass is 16.5. The Hall–Kier alpha value is -2.82. The van der Waals surface area contributed by atoms with Gasteiger partial charge in [0.25, 0.3) is 0 Å². The molecule has 0 aliphatic carbocycles. The van der Waals surface area contributed by atoms with Crippen molar-refractivity contribution in [3.63, 3.8) is 0 Å². The van der Waals surface area contributed by atoms with E-state index in [1.165, 1.54) is 0 Å². The minimum atomic E-state index is -0.906. The minimum Gasteiger partial charge on any atom is -0.489 e. The van der Waals surface area contributed by atoms with Gasteiger partial charge in [-0.15, -0.1) is 0 Å². The zero-order valence-corrected chi connectivity index (χ0v) is 11.3. The third kappa shape index (κ3) is 4.07. The Kier molecular flexibility index (Phi) is 4.56. The largest absolute Gasteiger partial charge is 0.489 e. The number of carbonyl (C=O) groups is 2. The Morgan fingerprint density at radius 2 is 1.71 bits per heavy atom. The number of amides is 1. The summed E-state index contributed by atoms with van der Waals surface area (Å²) >= 11 is 0. The lowest BCUT2D eigenvalue weighted by Crippen LogP contribution is -2.10. The fourth-order valence-corrected chi connectivity index (χ4v) is 1.88. The molecule has 1 amide bonds. The molecule has 0 heterocycles. The number of hydrogen-bond acceptors (Lipinski definition) is 3. The molecule has 0 saturated carbocycles. The van der Waals surface area contributed by atoms with Crippen molar-refractivity contribution >= 4 is 11.9 Å². The number of carboxylic acid groups (broad SMARTS) is 1. The van der Waals surface area contributed by atoms with Gasteiger partial charge >= 0.3 is 5.97 Å². The number of primary amides is 1. The third-order valence-corrected chi connectivity index (χ3v) is 2.95. The number of carboxylic acids is 1. The van der Waals surface area contributed by atoms with E-state index in [-0.39, 0.29) is 13.0 Å². The molecule has 0 spiro atoms. The second-order valence-electron chi connectivity index (χ2n) is 4.53. The lowest BCUT2D eigenvalue weighted by Gasteiger charge is -2.10. The summed E-state index contributed by atoms with van der Waals surface area (Å²) in [5.41, 5.74) is 7.09. The van der Waals surface area contributed by atoms with Gasteiger partial charge in [0.2, 0.25) is 5.91 Å². The van der Waals surface area contributed by atoms with Crippen LogP contribution in [0.15, 0.2) is 48.5 Å². The fourth-order valence-electron chi connectivity index (χ4n) is 1.88. The molecule has 5 heteroatoms. The van der Waals surface area contributed by atoms with Gasteiger partial charge in [0.1, 0.15) is 12.4 Å². The molecule has 2 aromatic rings. The third-order valence-electron chi connectivity index (χ3n) is 2.95. The monoisotopic (exact) mass is 285 g/mol. The van der Waals surface area contributed by atoms with Gasteiger partial charge in [0.05, 0.1) is 6.42 Å². The van der Waals surface area contributed by atoms with Gasteiger partial charge in [-0.25, -0.2) is 0 Å². The van der Waals surface area contributed by atoms with Crippen molar-refractivity contribution in [2.45, 2.75) is 13.0 Å². The predicted octanol–water partition coefficient (Wildman–Crippen LogP) is 1.99. The van der Waals surface area contributed by atoms with Crippen LogP contribution in [0.5, 0.6) is 5.75 Å². The first-order valence-electron chi connectivity index (χ1n) is 6.37. The molecule has 0 aromatic heterocycles. The molecule has 0 saturated heterocycles. The molecule has 2 aromatic carbocycles. The van der Waals surface area contributed by atoms with Gasteiger partial charge in [-0.05, 0) is 23.8 Å².